The highest BCUT2D eigenvalue weighted by Gasteiger charge is 2.18. The predicted molar refractivity (Wildman–Crippen MR) is 307 cm³/mol. The number of ether oxygens (including phenoxy) is 3. The highest BCUT2D eigenvalue weighted by atomic mass is 16.6. The summed E-state index contributed by atoms with van der Waals surface area (Å²) >= 11 is 0. The van der Waals surface area contributed by atoms with Crippen LogP contribution >= 0.6 is 0 Å². The summed E-state index contributed by atoms with van der Waals surface area (Å²) in [6.45, 7) is 7.95. The maximum atomic E-state index is 12.9. The van der Waals surface area contributed by atoms with E-state index < -0.39 is 6.10 Å². The maximum absolute atomic E-state index is 12.9. The predicted octanol–water partition coefficient (Wildman–Crippen LogP) is 22.4. The summed E-state index contributed by atoms with van der Waals surface area (Å²) in [4.78, 5) is 25.6. The van der Waals surface area contributed by atoms with Gasteiger partial charge < -0.3 is 14.2 Å². The molecule has 0 aliphatic rings. The van der Waals surface area contributed by atoms with Gasteiger partial charge in [0.1, 0.15) is 6.61 Å². The molecule has 5 heteroatoms. The number of carbonyl (C=O) groups excluding carboxylic acids is 2. The van der Waals surface area contributed by atoms with Crippen LogP contribution in [0.2, 0.25) is 0 Å². The molecule has 0 fully saturated rings. The average Bonchev–Trinajstić information content (AvgIpc) is 3.36. The van der Waals surface area contributed by atoms with Crippen molar-refractivity contribution in [3.8, 4) is 0 Å². The molecular formula is C65H128O5. The molecule has 0 bridgehead atoms. The van der Waals surface area contributed by atoms with Crippen molar-refractivity contribution in [2.45, 2.75) is 386 Å². The number of unbranched alkanes of at least 4 members (excludes halogenated alkanes) is 51. The third-order valence-corrected chi connectivity index (χ3v) is 15.1. The van der Waals surface area contributed by atoms with E-state index in [0.717, 1.165) is 32.1 Å². The van der Waals surface area contributed by atoms with Crippen LogP contribution in [0, 0.1) is 0 Å². The van der Waals surface area contributed by atoms with Crippen LogP contribution < -0.4 is 0 Å². The van der Waals surface area contributed by atoms with Crippen molar-refractivity contribution in [3.05, 3.63) is 0 Å². The lowest BCUT2D eigenvalue weighted by molar-refractivity contribution is -0.163. The zero-order valence-electron chi connectivity index (χ0n) is 48.3. The summed E-state index contributed by atoms with van der Waals surface area (Å²) in [5.74, 6) is -0.359. The third-order valence-electron chi connectivity index (χ3n) is 15.1. The van der Waals surface area contributed by atoms with Gasteiger partial charge in [-0.15, -0.1) is 0 Å². The lowest BCUT2D eigenvalue weighted by Gasteiger charge is -2.18. The summed E-state index contributed by atoms with van der Waals surface area (Å²) in [7, 11) is 0. The number of carbonyl (C=O) groups is 2. The fourth-order valence-electron chi connectivity index (χ4n) is 10.3. The van der Waals surface area contributed by atoms with Crippen molar-refractivity contribution in [1.82, 2.24) is 0 Å². The smallest absolute Gasteiger partial charge is 0.306 e. The molecule has 0 spiro atoms. The fourth-order valence-corrected chi connectivity index (χ4v) is 10.3. The summed E-state index contributed by atoms with van der Waals surface area (Å²) in [6, 6.07) is 0. The molecule has 5 nitrogen and oxygen atoms in total. The molecule has 0 aromatic rings. The van der Waals surface area contributed by atoms with Crippen molar-refractivity contribution in [2.75, 3.05) is 19.8 Å². The van der Waals surface area contributed by atoms with E-state index in [1.54, 1.807) is 0 Å². The second-order valence-electron chi connectivity index (χ2n) is 22.4. The van der Waals surface area contributed by atoms with E-state index in [2.05, 4.69) is 20.8 Å². The minimum absolute atomic E-state index is 0.0991. The van der Waals surface area contributed by atoms with Crippen LogP contribution in [0.15, 0.2) is 0 Å². The largest absolute Gasteiger partial charge is 0.462 e. The van der Waals surface area contributed by atoms with Crippen molar-refractivity contribution < 1.29 is 23.8 Å². The first-order valence-electron chi connectivity index (χ1n) is 32.6. The molecular weight excluding hydrogens is 861 g/mol. The van der Waals surface area contributed by atoms with Crippen LogP contribution in [-0.2, 0) is 23.8 Å². The third kappa shape index (κ3) is 59.5. The van der Waals surface area contributed by atoms with Crippen LogP contribution in [0.5, 0.6) is 0 Å². The van der Waals surface area contributed by atoms with Gasteiger partial charge in [-0.2, -0.15) is 0 Å². The molecule has 0 rings (SSSR count). The van der Waals surface area contributed by atoms with E-state index in [0.29, 0.717) is 26.1 Å². The number of hydrogen-bond acceptors (Lipinski definition) is 5. The van der Waals surface area contributed by atoms with Crippen molar-refractivity contribution in [2.24, 2.45) is 0 Å². The van der Waals surface area contributed by atoms with Crippen molar-refractivity contribution in [3.63, 3.8) is 0 Å². The summed E-state index contributed by atoms with van der Waals surface area (Å²) in [5, 5.41) is 0. The second kappa shape index (κ2) is 62.2. The highest BCUT2D eigenvalue weighted by molar-refractivity contribution is 5.70. The van der Waals surface area contributed by atoms with Crippen LogP contribution in [0.4, 0.5) is 0 Å². The molecule has 0 aliphatic heterocycles. The van der Waals surface area contributed by atoms with Crippen LogP contribution in [0.25, 0.3) is 0 Å². The molecule has 0 saturated carbocycles. The molecule has 0 heterocycles. The van der Waals surface area contributed by atoms with Crippen molar-refractivity contribution >= 4 is 11.9 Å². The van der Waals surface area contributed by atoms with Gasteiger partial charge >= 0.3 is 11.9 Å². The average molecular weight is 990 g/mol. The zero-order valence-corrected chi connectivity index (χ0v) is 48.3. The first kappa shape index (κ1) is 68.9. The van der Waals surface area contributed by atoms with Gasteiger partial charge in [-0.1, -0.05) is 348 Å². The Balaban J connectivity index is 4.17. The van der Waals surface area contributed by atoms with E-state index in [1.165, 1.54) is 315 Å². The van der Waals surface area contributed by atoms with Gasteiger partial charge in [-0.05, 0) is 19.3 Å². The van der Waals surface area contributed by atoms with Crippen LogP contribution in [0.1, 0.15) is 380 Å². The Hall–Kier alpha value is -1.10. The van der Waals surface area contributed by atoms with Gasteiger partial charge in [0.15, 0.2) is 6.10 Å². The Morgan fingerprint density at radius 3 is 0.729 bits per heavy atom. The van der Waals surface area contributed by atoms with E-state index in [1.807, 2.05) is 0 Å². The van der Waals surface area contributed by atoms with E-state index in [9.17, 15) is 9.59 Å². The van der Waals surface area contributed by atoms with Gasteiger partial charge in [-0.25, -0.2) is 0 Å². The van der Waals surface area contributed by atoms with Gasteiger partial charge in [0.05, 0.1) is 6.61 Å². The Morgan fingerprint density at radius 2 is 0.471 bits per heavy atom. The summed E-state index contributed by atoms with van der Waals surface area (Å²) in [5.41, 5.74) is 0. The van der Waals surface area contributed by atoms with Crippen molar-refractivity contribution in [1.29, 1.82) is 0 Å². The molecule has 0 radical (unpaired) electrons. The van der Waals surface area contributed by atoms with Crippen LogP contribution in [0.3, 0.4) is 0 Å². The lowest BCUT2D eigenvalue weighted by atomic mass is 10.0. The molecule has 0 N–H and O–H groups in total. The topological polar surface area (TPSA) is 61.8 Å². The zero-order chi connectivity index (χ0) is 50.6. The Labute approximate surface area is 440 Å². The first-order chi connectivity index (χ1) is 34.6. The molecule has 0 aromatic carbocycles. The normalized spacial score (nSPS) is 12.0. The second-order valence-corrected chi connectivity index (χ2v) is 22.4. The Bertz CT molecular complexity index is 983. The van der Waals surface area contributed by atoms with Gasteiger partial charge in [0, 0.05) is 19.4 Å². The van der Waals surface area contributed by atoms with E-state index in [4.69, 9.17) is 14.2 Å². The molecule has 0 amide bonds. The van der Waals surface area contributed by atoms with Gasteiger partial charge in [0.2, 0.25) is 0 Å². The molecule has 0 saturated heterocycles. The minimum Gasteiger partial charge on any atom is -0.462 e. The molecule has 70 heavy (non-hydrogen) atoms. The Morgan fingerprint density at radius 1 is 0.257 bits per heavy atom. The lowest BCUT2D eigenvalue weighted by Crippen LogP contribution is -2.30. The molecule has 0 aromatic heterocycles. The molecule has 1 atom stereocenters. The minimum atomic E-state index is -0.525. The quantitative estimate of drug-likeness (QED) is 0.0449. The van der Waals surface area contributed by atoms with Gasteiger partial charge in [0.25, 0.3) is 0 Å². The monoisotopic (exact) mass is 989 g/mol. The molecule has 0 aliphatic carbocycles. The van der Waals surface area contributed by atoms with Gasteiger partial charge in [-0.3, -0.25) is 9.59 Å². The van der Waals surface area contributed by atoms with E-state index >= 15 is 0 Å². The number of esters is 2. The number of rotatable bonds is 62. The number of hydrogen-bond donors (Lipinski definition) is 0. The first-order valence-corrected chi connectivity index (χ1v) is 32.6. The van der Waals surface area contributed by atoms with E-state index in [-0.39, 0.29) is 18.5 Å². The molecule has 1 unspecified atom stereocenters. The maximum Gasteiger partial charge on any atom is 0.306 e. The SMILES string of the molecule is CCCCCCCCCCCCCCCCCCCCCC(=O)OCC(COCCCCCCCCCCCCCCCCCCCC)OC(=O)CCCCCCCCCCCCCCCCCCC. The highest BCUT2D eigenvalue weighted by Crippen LogP contribution is 2.19. The van der Waals surface area contributed by atoms with Crippen LogP contribution in [-0.4, -0.2) is 37.9 Å². The Kier molecular flexibility index (Phi) is 61.2. The molecule has 418 valence electrons. The summed E-state index contributed by atoms with van der Waals surface area (Å²) in [6.07, 6.45) is 72.9. The fraction of sp³-hybridized carbons (Fsp3) is 0.969. The standard InChI is InChI=1S/C65H128O5/c1-4-7-10-13-16-19-22-25-28-31-33-35-37-40-43-46-49-52-55-58-64(66)69-62-63(61-68-60-57-54-51-48-45-42-39-36-32-29-26-23-20-17-14-11-8-5-2)70-65(67)59-56-53-50-47-44-41-38-34-30-27-24-21-18-15-12-9-6-3/h63H,4-62H2,1-3H3. The summed E-state index contributed by atoms with van der Waals surface area (Å²) < 4.78 is 17.6.